The lowest BCUT2D eigenvalue weighted by molar-refractivity contribution is 0.466. The van der Waals surface area contributed by atoms with Gasteiger partial charge in [-0.2, -0.15) is 0 Å². The van der Waals surface area contributed by atoms with Crippen molar-refractivity contribution in [1.82, 2.24) is 14.5 Å². The molecule has 0 aliphatic rings. The van der Waals surface area contributed by atoms with Crippen molar-refractivity contribution in [3.8, 4) is 67.5 Å². The van der Waals surface area contributed by atoms with Gasteiger partial charge in [0.25, 0.3) is 0 Å². The number of rotatable bonds is 9. The van der Waals surface area contributed by atoms with Crippen LogP contribution in [0, 0.1) is 6.85 Å². The van der Waals surface area contributed by atoms with Gasteiger partial charge in [-0.1, -0.05) is 177 Å². The first-order valence-corrected chi connectivity index (χ1v) is 24.3. The standard InChI is InChI=1S/C64H73N3O/c1-38(2)42-20-22-43(23-21-42)45-26-27-65-56(36-45)49-29-48(32-50(33-49)62(8,9)10)53-18-17-19-58-59(53)66-61(55-35-46(39(3)4)34-54(40(5)6)60(55)68)67(58)57-25-24-44(28-41(57)7)47-30-51(63(11,12)13)37-52(31-47)64(14,15)16/h17-40,68H,1-16H3/i7D3,38D. The van der Waals surface area contributed by atoms with Crippen LogP contribution in [0.1, 0.15) is 166 Å². The second kappa shape index (κ2) is 18.0. The molecule has 8 rings (SSSR count). The second-order valence-corrected chi connectivity index (χ2v) is 22.8. The van der Waals surface area contributed by atoms with Gasteiger partial charge < -0.3 is 5.11 Å². The number of nitrogens with zero attached hydrogens (tertiary/aromatic N) is 3. The molecular weight excluding hydrogens is 827 g/mol. The first-order valence-electron chi connectivity index (χ1n) is 26.3. The fraction of sp³-hybridized carbons (Fsp3) is 0.344. The maximum absolute atomic E-state index is 12.4. The molecule has 0 unspecified atom stereocenters. The Morgan fingerprint density at radius 3 is 1.75 bits per heavy atom. The zero-order valence-corrected chi connectivity index (χ0v) is 43.1. The van der Waals surface area contributed by atoms with E-state index >= 15 is 0 Å². The van der Waals surface area contributed by atoms with E-state index in [1.165, 1.54) is 11.1 Å². The minimum absolute atomic E-state index is 0.00957. The quantitative estimate of drug-likeness (QED) is 0.157. The Labute approximate surface area is 413 Å². The largest absolute Gasteiger partial charge is 0.507 e. The third-order valence-corrected chi connectivity index (χ3v) is 13.6. The Morgan fingerprint density at radius 1 is 0.544 bits per heavy atom. The number of phenolic OH excluding ortho intramolecular Hbond substituents is 1. The molecule has 0 aliphatic heterocycles. The van der Waals surface area contributed by atoms with E-state index in [2.05, 4.69) is 157 Å². The minimum Gasteiger partial charge on any atom is -0.507 e. The molecule has 0 amide bonds. The topological polar surface area (TPSA) is 50.9 Å². The fourth-order valence-electron chi connectivity index (χ4n) is 9.08. The molecule has 0 atom stereocenters. The highest BCUT2D eigenvalue weighted by atomic mass is 16.3. The van der Waals surface area contributed by atoms with E-state index in [0.29, 0.717) is 28.1 Å². The molecule has 0 saturated carbocycles. The molecule has 6 aromatic carbocycles. The summed E-state index contributed by atoms with van der Waals surface area (Å²) in [6.45, 7) is 29.6. The van der Waals surface area contributed by atoms with E-state index in [9.17, 15) is 5.11 Å². The molecule has 0 saturated heterocycles. The van der Waals surface area contributed by atoms with E-state index in [0.717, 1.165) is 66.9 Å². The van der Waals surface area contributed by atoms with Gasteiger partial charge in [0.1, 0.15) is 11.6 Å². The molecule has 8 aromatic rings. The molecule has 0 spiro atoms. The van der Waals surface area contributed by atoms with Crippen molar-refractivity contribution in [2.75, 3.05) is 0 Å². The van der Waals surface area contributed by atoms with E-state index in [1.54, 1.807) is 0 Å². The predicted octanol–water partition coefficient (Wildman–Crippen LogP) is 18.0. The summed E-state index contributed by atoms with van der Waals surface area (Å²) in [5, 5.41) is 12.4. The summed E-state index contributed by atoms with van der Waals surface area (Å²) < 4.78 is 38.0. The van der Waals surface area contributed by atoms with Gasteiger partial charge in [-0.05, 0) is 156 Å². The summed E-state index contributed by atoms with van der Waals surface area (Å²) in [5.41, 5.74) is 15.9. The van der Waals surface area contributed by atoms with Gasteiger partial charge in [-0.3, -0.25) is 9.55 Å². The normalized spacial score (nSPS) is 13.8. The maximum Gasteiger partial charge on any atom is 0.149 e. The lowest BCUT2D eigenvalue weighted by atomic mass is 9.79. The molecule has 1 N–H and O–H groups in total. The van der Waals surface area contributed by atoms with Crippen molar-refractivity contribution in [2.45, 2.75) is 145 Å². The number of benzene rings is 6. The molecule has 68 heavy (non-hydrogen) atoms. The lowest BCUT2D eigenvalue weighted by Gasteiger charge is -2.26. The van der Waals surface area contributed by atoms with Gasteiger partial charge in [-0.15, -0.1) is 0 Å². The van der Waals surface area contributed by atoms with Gasteiger partial charge in [-0.25, -0.2) is 4.98 Å². The molecule has 350 valence electrons. The molecule has 0 aliphatic carbocycles. The number of para-hydroxylation sites is 1. The van der Waals surface area contributed by atoms with Crippen molar-refractivity contribution in [3.05, 3.63) is 166 Å². The number of aromatic hydroxyl groups is 1. The third-order valence-electron chi connectivity index (χ3n) is 13.6. The molecule has 0 radical (unpaired) electrons. The Morgan fingerprint density at radius 2 is 1.15 bits per heavy atom. The van der Waals surface area contributed by atoms with Crippen molar-refractivity contribution >= 4 is 11.0 Å². The highest BCUT2D eigenvalue weighted by Gasteiger charge is 2.26. The Hall–Kier alpha value is -6.26. The monoisotopic (exact) mass is 904 g/mol. The highest BCUT2D eigenvalue weighted by molar-refractivity contribution is 5.97. The van der Waals surface area contributed by atoms with E-state index in [-0.39, 0.29) is 39.4 Å². The van der Waals surface area contributed by atoms with Crippen molar-refractivity contribution in [3.63, 3.8) is 0 Å². The molecule has 2 heterocycles. The Balaban J connectivity index is 1.41. The molecular formula is C64H73N3O. The SMILES string of the molecule is [2H]C([2H])([2H])c1cc(-c2cc(C(C)(C)C)cc(C(C)(C)C)c2)ccc1-n1c(-c2cc(C(C)C)cc(C(C)C)c2O)nc2c(-c3cc(-c4cc(-c5ccc(C([2H])(C)C)cc5)ccn4)cc(C(C)(C)C)c3)cccc21. The van der Waals surface area contributed by atoms with Gasteiger partial charge in [0, 0.05) is 22.8 Å². The smallest absolute Gasteiger partial charge is 0.149 e. The number of phenols is 1. The molecule has 0 fully saturated rings. The zero-order valence-electron chi connectivity index (χ0n) is 47.1. The van der Waals surface area contributed by atoms with Gasteiger partial charge >= 0.3 is 0 Å². The Kier molecular flexibility index (Phi) is 11.4. The Bertz CT molecular complexity index is 3300. The summed E-state index contributed by atoms with van der Waals surface area (Å²) in [5.74, 6) is 0.0574. The average Bonchev–Trinajstić information content (AvgIpc) is 3.69. The summed E-state index contributed by atoms with van der Waals surface area (Å²) >= 11 is 0. The van der Waals surface area contributed by atoms with Crippen molar-refractivity contribution in [2.24, 2.45) is 0 Å². The number of fused-ring (bicyclic) bond motifs is 1. The first-order chi connectivity index (χ1) is 33.4. The van der Waals surface area contributed by atoms with E-state index < -0.39 is 12.7 Å². The number of aryl methyl sites for hydroxylation is 1. The second-order valence-electron chi connectivity index (χ2n) is 22.8. The molecule has 4 nitrogen and oxygen atoms in total. The van der Waals surface area contributed by atoms with Crippen LogP contribution in [0.2, 0.25) is 0 Å². The number of aromatic nitrogens is 3. The number of hydrogen-bond donors (Lipinski definition) is 1. The summed E-state index contributed by atoms with van der Waals surface area (Å²) in [6, 6.07) is 41.7. The molecule has 0 bridgehead atoms. The van der Waals surface area contributed by atoms with Gasteiger partial charge in [0.05, 0.1) is 28.0 Å². The van der Waals surface area contributed by atoms with Crippen LogP contribution in [0.25, 0.3) is 72.7 Å². The molecule has 4 heteroatoms. The first kappa shape index (κ1) is 43.0. The third kappa shape index (κ3) is 9.57. The van der Waals surface area contributed by atoms with Crippen LogP contribution in [0.5, 0.6) is 5.75 Å². The van der Waals surface area contributed by atoms with Crippen LogP contribution in [-0.4, -0.2) is 19.6 Å². The lowest BCUT2D eigenvalue weighted by Crippen LogP contribution is -2.16. The van der Waals surface area contributed by atoms with Crippen LogP contribution in [0.4, 0.5) is 0 Å². The van der Waals surface area contributed by atoms with E-state index in [1.807, 2.05) is 79.2 Å². The van der Waals surface area contributed by atoms with Gasteiger partial charge in [0.2, 0.25) is 0 Å². The van der Waals surface area contributed by atoms with Crippen LogP contribution in [-0.2, 0) is 16.2 Å². The summed E-state index contributed by atoms with van der Waals surface area (Å²) in [7, 11) is 0. The van der Waals surface area contributed by atoms with Crippen LogP contribution >= 0.6 is 0 Å². The number of hydrogen-bond acceptors (Lipinski definition) is 3. The summed E-state index contributed by atoms with van der Waals surface area (Å²) in [6.07, 6.45) is 1.85. The average molecular weight is 904 g/mol. The number of imidazole rings is 1. The van der Waals surface area contributed by atoms with E-state index in [4.69, 9.17) is 15.5 Å². The van der Waals surface area contributed by atoms with Gasteiger partial charge in [0.15, 0.2) is 0 Å². The van der Waals surface area contributed by atoms with Crippen molar-refractivity contribution in [1.29, 1.82) is 0 Å². The minimum atomic E-state index is -2.52. The summed E-state index contributed by atoms with van der Waals surface area (Å²) in [4.78, 5) is 10.5. The predicted molar refractivity (Wildman–Crippen MR) is 291 cm³/mol. The number of pyridine rings is 1. The van der Waals surface area contributed by atoms with Crippen LogP contribution < -0.4 is 0 Å². The van der Waals surface area contributed by atoms with Crippen LogP contribution in [0.15, 0.2) is 128 Å². The van der Waals surface area contributed by atoms with Crippen molar-refractivity contribution < 1.29 is 10.6 Å². The zero-order chi connectivity index (χ0) is 52.6. The molecule has 2 aromatic heterocycles. The highest BCUT2D eigenvalue weighted by Crippen LogP contribution is 2.44. The fourth-order valence-corrected chi connectivity index (χ4v) is 9.08. The van der Waals surface area contributed by atoms with Crippen LogP contribution in [0.3, 0.4) is 0 Å². The maximum atomic E-state index is 12.4.